The molecule has 0 saturated carbocycles. The number of hydrazine groups is 1. The standard InChI is InChI=1S/C20H23ClN4O/c21-16-6-2-1-5-15(16)19-13-18(23-24-19)14-8-11-25(12-9-14)20(26)17-7-3-4-10-22-17/h1-7,10,14,18-19,23-24H,8-9,11-13H2. The molecular weight excluding hydrogens is 348 g/mol. The Morgan fingerprint density at radius 2 is 1.85 bits per heavy atom. The summed E-state index contributed by atoms with van der Waals surface area (Å²) in [5, 5.41) is 0.809. The van der Waals surface area contributed by atoms with Crippen LogP contribution < -0.4 is 10.9 Å². The van der Waals surface area contributed by atoms with Crippen molar-refractivity contribution < 1.29 is 4.79 Å². The molecule has 6 heteroatoms. The van der Waals surface area contributed by atoms with Crippen LogP contribution in [0.2, 0.25) is 5.02 Å². The Bertz CT molecular complexity index is 761. The van der Waals surface area contributed by atoms with Gasteiger partial charge in [-0.3, -0.25) is 15.2 Å². The number of halogens is 1. The van der Waals surface area contributed by atoms with Gasteiger partial charge in [-0.2, -0.15) is 0 Å². The predicted molar refractivity (Wildman–Crippen MR) is 102 cm³/mol. The zero-order valence-electron chi connectivity index (χ0n) is 14.6. The lowest BCUT2D eigenvalue weighted by Crippen LogP contribution is -2.44. The summed E-state index contributed by atoms with van der Waals surface area (Å²) in [5.41, 5.74) is 8.53. The van der Waals surface area contributed by atoms with Crippen molar-refractivity contribution in [1.29, 1.82) is 0 Å². The fraction of sp³-hybridized carbons (Fsp3) is 0.400. The van der Waals surface area contributed by atoms with Gasteiger partial charge in [0.1, 0.15) is 5.69 Å². The number of nitrogens with one attached hydrogen (secondary N) is 2. The SMILES string of the molecule is O=C(c1ccccn1)N1CCC(C2CC(c3ccccc3Cl)NN2)CC1. The molecule has 2 aliphatic heterocycles. The summed E-state index contributed by atoms with van der Waals surface area (Å²) in [7, 11) is 0. The highest BCUT2D eigenvalue weighted by molar-refractivity contribution is 6.31. The van der Waals surface area contributed by atoms with Crippen LogP contribution in [0.25, 0.3) is 0 Å². The van der Waals surface area contributed by atoms with Crippen LogP contribution in [0, 0.1) is 5.92 Å². The van der Waals surface area contributed by atoms with Gasteiger partial charge < -0.3 is 4.90 Å². The lowest BCUT2D eigenvalue weighted by molar-refractivity contribution is 0.0667. The average Bonchev–Trinajstić information content (AvgIpc) is 3.18. The number of hydrogen-bond acceptors (Lipinski definition) is 4. The summed E-state index contributed by atoms with van der Waals surface area (Å²) in [6.07, 6.45) is 4.70. The van der Waals surface area contributed by atoms with Gasteiger partial charge in [0, 0.05) is 36.4 Å². The summed E-state index contributed by atoms with van der Waals surface area (Å²) in [5.74, 6) is 0.596. The first kappa shape index (κ1) is 17.5. The van der Waals surface area contributed by atoms with E-state index in [0.29, 0.717) is 17.7 Å². The fourth-order valence-corrected chi connectivity index (χ4v) is 4.28. The van der Waals surface area contributed by atoms with Crippen LogP contribution in [0.4, 0.5) is 0 Å². The van der Waals surface area contributed by atoms with E-state index in [4.69, 9.17) is 11.6 Å². The zero-order valence-corrected chi connectivity index (χ0v) is 15.3. The van der Waals surface area contributed by atoms with Crippen molar-refractivity contribution in [1.82, 2.24) is 20.7 Å². The van der Waals surface area contributed by atoms with Crippen LogP contribution in [0.3, 0.4) is 0 Å². The number of rotatable bonds is 3. The van der Waals surface area contributed by atoms with Gasteiger partial charge in [-0.05, 0) is 48.9 Å². The van der Waals surface area contributed by atoms with Crippen LogP contribution in [0.1, 0.15) is 41.4 Å². The first-order valence-electron chi connectivity index (χ1n) is 9.18. The molecule has 136 valence electrons. The van der Waals surface area contributed by atoms with E-state index in [2.05, 4.69) is 21.9 Å². The molecule has 2 saturated heterocycles. The third kappa shape index (κ3) is 3.61. The van der Waals surface area contributed by atoms with Crippen molar-refractivity contribution in [2.45, 2.75) is 31.3 Å². The van der Waals surface area contributed by atoms with Crippen molar-refractivity contribution in [3.05, 3.63) is 64.9 Å². The number of carbonyl (C=O) groups excluding carboxylic acids is 1. The van der Waals surface area contributed by atoms with Crippen molar-refractivity contribution in [2.75, 3.05) is 13.1 Å². The van der Waals surface area contributed by atoms with Gasteiger partial charge in [-0.25, -0.2) is 5.43 Å². The number of carbonyl (C=O) groups is 1. The highest BCUT2D eigenvalue weighted by atomic mass is 35.5. The molecule has 1 amide bonds. The van der Waals surface area contributed by atoms with Crippen LogP contribution >= 0.6 is 11.6 Å². The predicted octanol–water partition coefficient (Wildman–Crippen LogP) is 3.20. The van der Waals surface area contributed by atoms with Gasteiger partial charge in [-0.1, -0.05) is 35.9 Å². The molecule has 0 aliphatic carbocycles. The normalized spacial score (nSPS) is 24.0. The zero-order chi connectivity index (χ0) is 17.9. The third-order valence-corrected chi connectivity index (χ3v) is 5.84. The molecule has 1 aromatic carbocycles. The smallest absolute Gasteiger partial charge is 0.272 e. The van der Waals surface area contributed by atoms with Crippen LogP contribution in [0.15, 0.2) is 48.7 Å². The van der Waals surface area contributed by atoms with Crippen LogP contribution in [-0.4, -0.2) is 34.9 Å². The highest BCUT2D eigenvalue weighted by Crippen LogP contribution is 2.33. The first-order chi connectivity index (χ1) is 12.7. The maximum Gasteiger partial charge on any atom is 0.272 e. The Morgan fingerprint density at radius 1 is 1.08 bits per heavy atom. The number of likely N-dealkylation sites (tertiary alicyclic amines) is 1. The van der Waals surface area contributed by atoms with Gasteiger partial charge in [0.05, 0.1) is 0 Å². The van der Waals surface area contributed by atoms with Crippen LogP contribution in [-0.2, 0) is 0 Å². The van der Waals surface area contributed by atoms with E-state index in [0.717, 1.165) is 42.9 Å². The second kappa shape index (κ2) is 7.74. The minimum atomic E-state index is 0.0375. The molecule has 5 nitrogen and oxygen atoms in total. The number of aromatic nitrogens is 1. The lowest BCUT2D eigenvalue weighted by atomic mass is 9.86. The highest BCUT2D eigenvalue weighted by Gasteiger charge is 2.34. The molecule has 4 rings (SSSR count). The molecule has 0 spiro atoms. The Labute approximate surface area is 158 Å². The van der Waals surface area contributed by atoms with Crippen molar-refractivity contribution >= 4 is 17.5 Å². The Morgan fingerprint density at radius 3 is 2.58 bits per heavy atom. The molecule has 3 heterocycles. The number of piperidine rings is 1. The van der Waals surface area contributed by atoms with Crippen molar-refractivity contribution in [3.63, 3.8) is 0 Å². The van der Waals surface area contributed by atoms with Gasteiger partial charge in [0.2, 0.25) is 0 Å². The average molecular weight is 371 g/mol. The maximum atomic E-state index is 12.5. The Hall–Kier alpha value is -1.95. The van der Waals surface area contributed by atoms with E-state index in [1.807, 2.05) is 35.2 Å². The molecule has 2 aliphatic rings. The molecule has 1 aromatic heterocycles. The van der Waals surface area contributed by atoms with Gasteiger partial charge in [0.25, 0.3) is 5.91 Å². The minimum absolute atomic E-state index is 0.0375. The Kier molecular flexibility index (Phi) is 5.20. The number of amides is 1. The van der Waals surface area contributed by atoms with Gasteiger partial charge in [0.15, 0.2) is 0 Å². The topological polar surface area (TPSA) is 57.3 Å². The molecule has 0 radical (unpaired) electrons. The molecule has 2 aromatic rings. The second-order valence-electron chi connectivity index (χ2n) is 7.05. The quantitative estimate of drug-likeness (QED) is 0.871. The number of nitrogens with zero attached hydrogens (tertiary/aromatic N) is 2. The lowest BCUT2D eigenvalue weighted by Gasteiger charge is -2.34. The molecular formula is C20H23ClN4O. The van der Waals surface area contributed by atoms with Gasteiger partial charge >= 0.3 is 0 Å². The summed E-state index contributed by atoms with van der Waals surface area (Å²) < 4.78 is 0. The monoisotopic (exact) mass is 370 g/mol. The van der Waals surface area contributed by atoms with E-state index < -0.39 is 0 Å². The van der Waals surface area contributed by atoms with E-state index in [1.54, 1.807) is 12.3 Å². The Balaban J connectivity index is 1.33. The molecule has 2 unspecified atom stereocenters. The molecule has 2 fully saturated rings. The second-order valence-corrected chi connectivity index (χ2v) is 7.46. The summed E-state index contributed by atoms with van der Waals surface area (Å²) in [4.78, 5) is 18.6. The van der Waals surface area contributed by atoms with Crippen molar-refractivity contribution in [3.8, 4) is 0 Å². The molecule has 2 N–H and O–H groups in total. The maximum absolute atomic E-state index is 12.5. The summed E-state index contributed by atoms with van der Waals surface area (Å²) in [6, 6.07) is 14.1. The van der Waals surface area contributed by atoms with Gasteiger partial charge in [-0.15, -0.1) is 0 Å². The minimum Gasteiger partial charge on any atom is -0.337 e. The number of benzene rings is 1. The fourth-order valence-electron chi connectivity index (χ4n) is 4.01. The summed E-state index contributed by atoms with van der Waals surface area (Å²) in [6.45, 7) is 1.57. The summed E-state index contributed by atoms with van der Waals surface area (Å²) >= 11 is 6.33. The number of hydrogen-bond donors (Lipinski definition) is 2. The largest absolute Gasteiger partial charge is 0.337 e. The van der Waals surface area contributed by atoms with Crippen LogP contribution in [0.5, 0.6) is 0 Å². The molecule has 2 atom stereocenters. The molecule has 26 heavy (non-hydrogen) atoms. The van der Waals surface area contributed by atoms with E-state index in [1.165, 1.54) is 0 Å². The van der Waals surface area contributed by atoms with E-state index in [9.17, 15) is 4.79 Å². The molecule has 0 bridgehead atoms. The van der Waals surface area contributed by atoms with Crippen molar-refractivity contribution in [2.24, 2.45) is 5.92 Å². The first-order valence-corrected chi connectivity index (χ1v) is 9.56. The van der Waals surface area contributed by atoms with E-state index >= 15 is 0 Å². The third-order valence-electron chi connectivity index (χ3n) is 5.49. The van der Waals surface area contributed by atoms with E-state index in [-0.39, 0.29) is 11.9 Å². The number of pyridine rings is 1.